The molecule has 0 atom stereocenters. The van der Waals surface area contributed by atoms with E-state index in [1.807, 2.05) is 0 Å². The molecule has 68 valence electrons. The molecule has 1 aliphatic rings. The highest BCUT2D eigenvalue weighted by Crippen LogP contribution is 2.20. The molecule has 0 aromatic carbocycles. The van der Waals surface area contributed by atoms with Crippen LogP contribution in [0, 0.1) is 5.92 Å². The van der Waals surface area contributed by atoms with E-state index >= 15 is 0 Å². The lowest BCUT2D eigenvalue weighted by molar-refractivity contribution is -0.115. The molecule has 0 saturated carbocycles. The molecule has 0 aromatic heterocycles. The molecule has 1 aliphatic carbocycles. The molecular weight excluding hydrogens is 148 g/mol. The van der Waals surface area contributed by atoms with E-state index in [9.17, 15) is 4.79 Å². The van der Waals surface area contributed by atoms with E-state index in [1.54, 1.807) is 0 Å². The second-order valence-electron chi connectivity index (χ2n) is 3.98. The van der Waals surface area contributed by atoms with E-state index in [-0.39, 0.29) is 0 Å². The summed E-state index contributed by atoms with van der Waals surface area (Å²) in [5.74, 6) is 1.04. The highest BCUT2D eigenvalue weighted by molar-refractivity contribution is 5.95. The van der Waals surface area contributed by atoms with Crippen LogP contribution in [0.25, 0.3) is 0 Å². The van der Waals surface area contributed by atoms with Crippen molar-refractivity contribution in [1.82, 2.24) is 0 Å². The van der Waals surface area contributed by atoms with Gasteiger partial charge in [0.15, 0.2) is 5.78 Å². The molecule has 0 saturated heterocycles. The number of carbonyl (C=O) groups excluding carboxylic acids is 1. The third kappa shape index (κ3) is 2.80. The number of ketones is 1. The molecule has 0 heterocycles. The van der Waals surface area contributed by atoms with Crippen molar-refractivity contribution in [2.24, 2.45) is 5.92 Å². The number of rotatable bonds is 4. The smallest absolute Gasteiger partial charge is 0.158 e. The van der Waals surface area contributed by atoms with Crippen LogP contribution in [0.15, 0.2) is 11.6 Å². The van der Waals surface area contributed by atoms with Gasteiger partial charge < -0.3 is 0 Å². The molecule has 1 rings (SSSR count). The normalized spacial score (nSPS) is 16.8. The van der Waals surface area contributed by atoms with E-state index in [1.165, 1.54) is 6.42 Å². The maximum Gasteiger partial charge on any atom is 0.158 e. The fraction of sp³-hybridized carbons (Fsp3) is 0.727. The fourth-order valence-corrected chi connectivity index (χ4v) is 1.50. The maximum atomic E-state index is 11.5. The Morgan fingerprint density at radius 2 is 2.33 bits per heavy atom. The SMILES string of the molecule is CC(C)CCC(=O)C1=CCCC1. The first-order valence-corrected chi connectivity index (χ1v) is 4.92. The summed E-state index contributed by atoms with van der Waals surface area (Å²) in [5, 5.41) is 0. The van der Waals surface area contributed by atoms with Gasteiger partial charge in [0, 0.05) is 6.42 Å². The predicted octanol–water partition coefficient (Wildman–Crippen LogP) is 3.10. The molecule has 0 radical (unpaired) electrons. The molecule has 0 unspecified atom stereocenters. The minimum atomic E-state index is 0.390. The Morgan fingerprint density at radius 1 is 1.58 bits per heavy atom. The number of Topliss-reactive ketones (excluding diaryl/α,β-unsaturated/α-hetero) is 1. The monoisotopic (exact) mass is 166 g/mol. The summed E-state index contributed by atoms with van der Waals surface area (Å²) in [6.07, 6.45) is 7.23. The summed E-state index contributed by atoms with van der Waals surface area (Å²) in [5.41, 5.74) is 1.09. The maximum absolute atomic E-state index is 11.5. The van der Waals surface area contributed by atoms with Gasteiger partial charge in [-0.15, -0.1) is 0 Å². The topological polar surface area (TPSA) is 17.1 Å². The molecule has 0 aliphatic heterocycles. The fourth-order valence-electron chi connectivity index (χ4n) is 1.50. The summed E-state index contributed by atoms with van der Waals surface area (Å²) >= 11 is 0. The lowest BCUT2D eigenvalue weighted by Gasteiger charge is -2.03. The first kappa shape index (κ1) is 9.50. The Balaban J connectivity index is 2.28. The van der Waals surface area contributed by atoms with E-state index in [4.69, 9.17) is 0 Å². The van der Waals surface area contributed by atoms with E-state index < -0.39 is 0 Å². The lowest BCUT2D eigenvalue weighted by Crippen LogP contribution is -2.02. The van der Waals surface area contributed by atoms with E-state index in [0.29, 0.717) is 11.7 Å². The predicted molar refractivity (Wildman–Crippen MR) is 51.0 cm³/mol. The highest BCUT2D eigenvalue weighted by atomic mass is 16.1. The molecule has 1 nitrogen and oxygen atoms in total. The van der Waals surface area contributed by atoms with Gasteiger partial charge in [0.25, 0.3) is 0 Å². The van der Waals surface area contributed by atoms with Gasteiger partial charge >= 0.3 is 0 Å². The van der Waals surface area contributed by atoms with Crippen molar-refractivity contribution in [2.75, 3.05) is 0 Å². The Bertz CT molecular complexity index is 189. The second kappa shape index (κ2) is 4.44. The van der Waals surface area contributed by atoms with Gasteiger partial charge in [-0.1, -0.05) is 19.9 Å². The van der Waals surface area contributed by atoms with Crippen LogP contribution in [0.4, 0.5) is 0 Å². The Kier molecular flexibility index (Phi) is 3.51. The third-order valence-electron chi connectivity index (χ3n) is 2.35. The Labute approximate surface area is 74.9 Å². The average Bonchev–Trinajstić information content (AvgIpc) is 2.51. The van der Waals surface area contributed by atoms with Crippen LogP contribution in [-0.4, -0.2) is 5.78 Å². The van der Waals surface area contributed by atoms with Gasteiger partial charge in [0.2, 0.25) is 0 Å². The van der Waals surface area contributed by atoms with Crippen LogP contribution in [0.5, 0.6) is 0 Å². The third-order valence-corrected chi connectivity index (χ3v) is 2.35. The van der Waals surface area contributed by atoms with E-state index in [0.717, 1.165) is 31.3 Å². The molecule has 0 amide bonds. The number of hydrogen-bond donors (Lipinski definition) is 0. The van der Waals surface area contributed by atoms with Crippen molar-refractivity contribution in [3.8, 4) is 0 Å². The summed E-state index contributed by atoms with van der Waals surface area (Å²) in [6.45, 7) is 4.33. The zero-order valence-electron chi connectivity index (χ0n) is 8.10. The van der Waals surface area contributed by atoms with Gasteiger partial charge in [0.1, 0.15) is 0 Å². The van der Waals surface area contributed by atoms with Crippen LogP contribution in [0.1, 0.15) is 46.0 Å². The molecule has 12 heavy (non-hydrogen) atoms. The number of hydrogen-bond acceptors (Lipinski definition) is 1. The highest BCUT2D eigenvalue weighted by Gasteiger charge is 2.12. The average molecular weight is 166 g/mol. The lowest BCUT2D eigenvalue weighted by atomic mass is 10.0. The van der Waals surface area contributed by atoms with Crippen LogP contribution >= 0.6 is 0 Å². The van der Waals surface area contributed by atoms with Crippen molar-refractivity contribution in [2.45, 2.75) is 46.0 Å². The molecule has 0 bridgehead atoms. The summed E-state index contributed by atoms with van der Waals surface area (Å²) < 4.78 is 0. The van der Waals surface area contributed by atoms with Gasteiger partial charge in [-0.05, 0) is 37.2 Å². The van der Waals surface area contributed by atoms with Crippen LogP contribution in [-0.2, 0) is 4.79 Å². The van der Waals surface area contributed by atoms with Gasteiger partial charge in [0.05, 0.1) is 0 Å². The van der Waals surface area contributed by atoms with Gasteiger partial charge in [-0.3, -0.25) is 4.79 Å². The van der Waals surface area contributed by atoms with Crippen molar-refractivity contribution in [1.29, 1.82) is 0 Å². The Morgan fingerprint density at radius 3 is 2.83 bits per heavy atom. The quantitative estimate of drug-likeness (QED) is 0.627. The van der Waals surface area contributed by atoms with Gasteiger partial charge in [-0.2, -0.15) is 0 Å². The standard InChI is InChI=1S/C11H18O/c1-9(2)7-8-11(12)10-5-3-4-6-10/h5,9H,3-4,6-8H2,1-2H3. The zero-order valence-corrected chi connectivity index (χ0v) is 8.10. The van der Waals surface area contributed by atoms with Crippen molar-refractivity contribution in [3.05, 3.63) is 11.6 Å². The van der Waals surface area contributed by atoms with Crippen molar-refractivity contribution in [3.63, 3.8) is 0 Å². The number of carbonyl (C=O) groups is 1. The minimum Gasteiger partial charge on any atom is -0.295 e. The molecule has 0 N–H and O–H groups in total. The van der Waals surface area contributed by atoms with Gasteiger partial charge in [-0.25, -0.2) is 0 Å². The summed E-state index contributed by atoms with van der Waals surface area (Å²) in [6, 6.07) is 0. The molecule has 1 heteroatoms. The summed E-state index contributed by atoms with van der Waals surface area (Å²) in [7, 11) is 0. The zero-order chi connectivity index (χ0) is 8.97. The van der Waals surface area contributed by atoms with Crippen LogP contribution < -0.4 is 0 Å². The first-order chi connectivity index (χ1) is 5.70. The number of allylic oxidation sites excluding steroid dienone is 2. The summed E-state index contributed by atoms with van der Waals surface area (Å²) in [4.78, 5) is 11.5. The molecule has 0 fully saturated rings. The van der Waals surface area contributed by atoms with E-state index in [2.05, 4.69) is 19.9 Å². The molecule has 0 spiro atoms. The largest absolute Gasteiger partial charge is 0.295 e. The molecule has 0 aromatic rings. The minimum absolute atomic E-state index is 0.390. The van der Waals surface area contributed by atoms with Crippen LogP contribution in [0.3, 0.4) is 0 Å². The second-order valence-corrected chi connectivity index (χ2v) is 3.98. The van der Waals surface area contributed by atoms with Crippen molar-refractivity contribution < 1.29 is 4.79 Å². The van der Waals surface area contributed by atoms with Crippen molar-refractivity contribution >= 4 is 5.78 Å². The first-order valence-electron chi connectivity index (χ1n) is 4.92. The molecular formula is C11H18O. The Hall–Kier alpha value is -0.590. The van der Waals surface area contributed by atoms with Crippen LogP contribution in [0.2, 0.25) is 0 Å².